The second-order valence-corrected chi connectivity index (χ2v) is 2.56. The van der Waals surface area contributed by atoms with Crippen LogP contribution in [0.15, 0.2) is 0 Å². The molecule has 0 aromatic heterocycles. The molecule has 1 unspecified atom stereocenters. The van der Waals surface area contributed by atoms with Gasteiger partial charge in [-0.3, -0.25) is 4.21 Å². The summed E-state index contributed by atoms with van der Waals surface area (Å²) in [7, 11) is 0. The van der Waals surface area contributed by atoms with Gasteiger partial charge < -0.3 is 15.6 Å². The average Bonchev–Trinajstić information content (AvgIpc) is 1.80. The summed E-state index contributed by atoms with van der Waals surface area (Å²) in [6.45, 7) is 1.72. The standard InChI is InChI=1S/C4H12N2O2S/c5-1-2-6-3-4-9(7)8/h6H,1-5H2,(H,7,8)/p-1. The Labute approximate surface area is 57.1 Å². The maximum absolute atomic E-state index is 9.89. The molecule has 4 nitrogen and oxygen atoms in total. The minimum atomic E-state index is -1.92. The van der Waals surface area contributed by atoms with Crippen molar-refractivity contribution in [3.63, 3.8) is 0 Å². The molecule has 0 amide bonds. The molecule has 3 N–H and O–H groups in total. The van der Waals surface area contributed by atoms with Crippen LogP contribution >= 0.6 is 0 Å². The summed E-state index contributed by atoms with van der Waals surface area (Å²) in [6, 6.07) is 0. The lowest BCUT2D eigenvalue weighted by Crippen LogP contribution is -2.26. The first-order valence-corrected chi connectivity index (χ1v) is 3.98. The summed E-state index contributed by atoms with van der Waals surface area (Å²) in [5, 5.41) is 2.85. The summed E-state index contributed by atoms with van der Waals surface area (Å²) in [4.78, 5) is 0. The van der Waals surface area contributed by atoms with Gasteiger partial charge in [-0.05, 0) is 0 Å². The molecule has 9 heavy (non-hydrogen) atoms. The first kappa shape index (κ1) is 9.03. The van der Waals surface area contributed by atoms with E-state index in [-0.39, 0.29) is 5.75 Å². The van der Waals surface area contributed by atoms with Crippen LogP contribution < -0.4 is 11.1 Å². The smallest absolute Gasteiger partial charge is 0.0227 e. The predicted molar refractivity (Wildman–Crippen MR) is 35.7 cm³/mol. The molecule has 5 heteroatoms. The molecular weight excluding hydrogens is 140 g/mol. The summed E-state index contributed by atoms with van der Waals surface area (Å²) in [5.74, 6) is 0.167. The molecule has 0 saturated heterocycles. The van der Waals surface area contributed by atoms with Gasteiger partial charge in [0.05, 0.1) is 0 Å². The third-order valence-corrected chi connectivity index (χ3v) is 1.30. The average molecular weight is 151 g/mol. The quantitative estimate of drug-likeness (QED) is 0.367. The Morgan fingerprint density at radius 2 is 2.22 bits per heavy atom. The highest BCUT2D eigenvalue weighted by Gasteiger charge is 1.83. The molecule has 56 valence electrons. The van der Waals surface area contributed by atoms with E-state index in [1.807, 2.05) is 0 Å². The molecular formula is C4H11N2O2S-. The van der Waals surface area contributed by atoms with Gasteiger partial charge in [-0.2, -0.15) is 0 Å². The van der Waals surface area contributed by atoms with E-state index >= 15 is 0 Å². The van der Waals surface area contributed by atoms with Gasteiger partial charge in [-0.15, -0.1) is 0 Å². The minimum absolute atomic E-state index is 0.167. The van der Waals surface area contributed by atoms with Gasteiger partial charge in [0, 0.05) is 25.4 Å². The van der Waals surface area contributed by atoms with Crippen molar-refractivity contribution >= 4 is 11.1 Å². The largest absolute Gasteiger partial charge is 0.772 e. The molecule has 0 spiro atoms. The van der Waals surface area contributed by atoms with Gasteiger partial charge in [0.1, 0.15) is 0 Å². The minimum Gasteiger partial charge on any atom is -0.772 e. The van der Waals surface area contributed by atoms with Gasteiger partial charge in [0.15, 0.2) is 0 Å². The van der Waals surface area contributed by atoms with E-state index in [2.05, 4.69) is 5.32 Å². The van der Waals surface area contributed by atoms with Crippen molar-refractivity contribution < 1.29 is 8.76 Å². The van der Waals surface area contributed by atoms with E-state index in [1.165, 1.54) is 0 Å². The van der Waals surface area contributed by atoms with Gasteiger partial charge in [0.25, 0.3) is 0 Å². The van der Waals surface area contributed by atoms with Crippen LogP contribution in [0.4, 0.5) is 0 Å². The lowest BCUT2D eigenvalue weighted by atomic mass is 10.6. The Hall–Kier alpha value is 0.0300. The first-order valence-electron chi connectivity index (χ1n) is 2.74. The summed E-state index contributed by atoms with van der Waals surface area (Å²) < 4.78 is 19.8. The maximum atomic E-state index is 9.89. The van der Waals surface area contributed by atoms with E-state index in [4.69, 9.17) is 5.73 Å². The van der Waals surface area contributed by atoms with Crippen LogP contribution in [0, 0.1) is 0 Å². The molecule has 0 aromatic rings. The number of nitrogens with one attached hydrogen (secondary N) is 1. The fourth-order valence-electron chi connectivity index (χ4n) is 0.383. The van der Waals surface area contributed by atoms with Crippen LogP contribution in [0.1, 0.15) is 0 Å². The predicted octanol–water partition coefficient (Wildman–Crippen LogP) is -1.59. The Balaban J connectivity index is 2.83. The van der Waals surface area contributed by atoms with Crippen molar-refractivity contribution in [2.75, 3.05) is 25.4 Å². The van der Waals surface area contributed by atoms with Gasteiger partial charge in [-0.1, -0.05) is 11.1 Å². The topological polar surface area (TPSA) is 78.2 Å². The van der Waals surface area contributed by atoms with Crippen LogP contribution in [0.3, 0.4) is 0 Å². The molecule has 0 bridgehead atoms. The van der Waals surface area contributed by atoms with Crippen LogP contribution in [0.5, 0.6) is 0 Å². The normalized spacial score (nSPS) is 13.6. The summed E-state index contributed by atoms with van der Waals surface area (Å²) >= 11 is -1.92. The Kier molecular flexibility index (Phi) is 6.18. The summed E-state index contributed by atoms with van der Waals surface area (Å²) in [5.41, 5.74) is 5.13. The van der Waals surface area contributed by atoms with Crippen molar-refractivity contribution in [2.45, 2.75) is 0 Å². The lowest BCUT2D eigenvalue weighted by molar-refractivity contribution is 0.534. The molecule has 0 aliphatic heterocycles. The van der Waals surface area contributed by atoms with Gasteiger partial charge >= 0.3 is 0 Å². The van der Waals surface area contributed by atoms with Gasteiger partial charge in [0.2, 0.25) is 0 Å². The SMILES string of the molecule is NCCNCCS(=O)[O-]. The third kappa shape index (κ3) is 8.03. The van der Waals surface area contributed by atoms with Crippen molar-refractivity contribution in [3.8, 4) is 0 Å². The Bertz CT molecular complexity index is 88.6. The van der Waals surface area contributed by atoms with E-state index < -0.39 is 11.1 Å². The zero-order valence-electron chi connectivity index (χ0n) is 5.13. The number of nitrogens with two attached hydrogens (primary N) is 1. The Morgan fingerprint density at radius 3 is 2.67 bits per heavy atom. The molecule has 0 saturated carbocycles. The van der Waals surface area contributed by atoms with Crippen molar-refractivity contribution in [1.82, 2.24) is 5.32 Å². The maximum Gasteiger partial charge on any atom is 0.0227 e. The highest BCUT2D eigenvalue weighted by atomic mass is 32.2. The van der Waals surface area contributed by atoms with Crippen molar-refractivity contribution in [3.05, 3.63) is 0 Å². The molecule has 1 atom stereocenters. The molecule has 0 fully saturated rings. The fraction of sp³-hybridized carbons (Fsp3) is 1.00. The third-order valence-electron chi connectivity index (χ3n) is 0.767. The first-order chi connectivity index (χ1) is 4.27. The van der Waals surface area contributed by atoms with E-state index in [9.17, 15) is 8.76 Å². The van der Waals surface area contributed by atoms with E-state index in [1.54, 1.807) is 0 Å². The van der Waals surface area contributed by atoms with Crippen molar-refractivity contribution in [2.24, 2.45) is 5.73 Å². The molecule has 0 radical (unpaired) electrons. The summed E-state index contributed by atoms with van der Waals surface area (Å²) in [6.07, 6.45) is 0. The molecule has 0 aliphatic carbocycles. The number of hydrogen-bond donors (Lipinski definition) is 2. The van der Waals surface area contributed by atoms with E-state index in [0.717, 1.165) is 0 Å². The van der Waals surface area contributed by atoms with E-state index in [0.29, 0.717) is 19.6 Å². The zero-order chi connectivity index (χ0) is 7.11. The lowest BCUT2D eigenvalue weighted by Gasteiger charge is -2.04. The highest BCUT2D eigenvalue weighted by molar-refractivity contribution is 7.79. The number of hydrogen-bond acceptors (Lipinski definition) is 4. The Morgan fingerprint density at radius 1 is 1.56 bits per heavy atom. The molecule has 0 aliphatic rings. The van der Waals surface area contributed by atoms with Crippen molar-refractivity contribution in [1.29, 1.82) is 0 Å². The van der Waals surface area contributed by atoms with Crippen LogP contribution in [0.25, 0.3) is 0 Å². The second kappa shape index (κ2) is 6.15. The second-order valence-electron chi connectivity index (χ2n) is 1.55. The van der Waals surface area contributed by atoms with Crippen LogP contribution in [0.2, 0.25) is 0 Å². The monoisotopic (exact) mass is 151 g/mol. The molecule has 0 rings (SSSR count). The van der Waals surface area contributed by atoms with Gasteiger partial charge in [-0.25, -0.2) is 0 Å². The molecule has 0 heterocycles. The van der Waals surface area contributed by atoms with Crippen LogP contribution in [-0.4, -0.2) is 34.1 Å². The molecule has 0 aromatic carbocycles. The number of rotatable bonds is 5. The highest BCUT2D eigenvalue weighted by Crippen LogP contribution is 1.68. The fourth-order valence-corrected chi connectivity index (χ4v) is 0.694. The zero-order valence-corrected chi connectivity index (χ0v) is 5.95. The van der Waals surface area contributed by atoms with Crippen LogP contribution in [-0.2, 0) is 11.1 Å².